The molecule has 0 bridgehead atoms. The summed E-state index contributed by atoms with van der Waals surface area (Å²) in [4.78, 5) is 64.5. The number of esters is 4. The van der Waals surface area contributed by atoms with Crippen molar-refractivity contribution in [1.29, 1.82) is 5.26 Å². The fourth-order valence-corrected chi connectivity index (χ4v) is 20.2. The number of aliphatic hydroxyl groups excluding tert-OH is 1. The van der Waals surface area contributed by atoms with Gasteiger partial charge in [-0.2, -0.15) is 5.26 Å². The molecule has 0 amide bonds. The molecule has 7 aliphatic rings. The Kier molecular flexibility index (Phi) is 40.2. The van der Waals surface area contributed by atoms with Crippen LogP contribution in [0.2, 0.25) is 0 Å². The van der Waals surface area contributed by atoms with Gasteiger partial charge in [0.1, 0.15) is 47.8 Å². The Morgan fingerprint density at radius 1 is 0.557 bits per heavy atom. The zero-order valence-electron chi connectivity index (χ0n) is 80.0. The van der Waals surface area contributed by atoms with Crippen LogP contribution in [0.15, 0.2) is 0 Å². The number of rotatable bonds is 24. The Hall–Kier alpha value is -3.59. The van der Waals surface area contributed by atoms with Gasteiger partial charge in [-0.15, -0.1) is 0 Å². The molecule has 7 aliphatic heterocycles. The van der Waals surface area contributed by atoms with Crippen molar-refractivity contribution >= 4 is 23.9 Å². The Morgan fingerprint density at radius 3 is 1.33 bits per heavy atom. The Labute approximate surface area is 729 Å². The van der Waals surface area contributed by atoms with Crippen LogP contribution in [0.4, 0.5) is 0 Å². The first-order chi connectivity index (χ1) is 56.7. The lowest BCUT2D eigenvalue weighted by molar-refractivity contribution is -0.321. The highest BCUT2D eigenvalue weighted by molar-refractivity contribution is 5.73. The number of nitrogens with zero attached hydrogens (tertiary/aromatic N) is 6. The molecule has 6 N–H and O–H groups in total. The van der Waals surface area contributed by atoms with Crippen molar-refractivity contribution in [3.63, 3.8) is 0 Å². The van der Waals surface area contributed by atoms with Crippen LogP contribution in [0.5, 0.6) is 0 Å². The largest absolute Gasteiger partial charge is 0.459 e. The highest BCUT2D eigenvalue weighted by Gasteiger charge is 2.60. The third-order valence-corrected chi connectivity index (χ3v) is 27.0. The quantitative estimate of drug-likeness (QED) is 0.0363. The lowest BCUT2D eigenvalue weighted by atomic mass is 9.77. The van der Waals surface area contributed by atoms with E-state index in [0.717, 1.165) is 0 Å². The molecule has 7 heterocycles. The van der Waals surface area contributed by atoms with E-state index in [1.807, 2.05) is 159 Å². The Bertz CT molecular complexity index is 3270. The maximum Gasteiger partial charge on any atom is 0.311 e. The van der Waals surface area contributed by atoms with Crippen molar-refractivity contribution in [3.8, 4) is 6.07 Å². The van der Waals surface area contributed by atoms with Gasteiger partial charge in [0.05, 0.1) is 114 Å². The first-order valence-electron chi connectivity index (χ1n) is 44.7. The number of hydrogen-bond acceptors (Lipinski definition) is 33. The number of ether oxygens (including phenoxy) is 18. The standard InChI is InChI=1S/C46H82N4O13.C43H81N3O13/c1-18-34-46(11)39(62-43(63-46)49(14)15)30(6)50(16)25-26(2)23-44(9,53)38(61-42-37(58-32(8)51)33(48(12)13)22-27(3)56-42)28(4)36(29(5)41(52)59-34)60-35-24-45(10,54-17)40(31(7)57-35)55-21-19-20-47;1-16-32-43(11,51)36(48)28(6)46(14)23-24(2)21-41(9,50)37(59-40-35(56-30(8)47)31(45(12)13)20-25(3)54-40)26(4)34(27(5)39(49)57-32)58-33-22-42(10,52-15)38(29(7)55-33)53-19-17-18-44/h26-31,33-40,42-43,53H,18-19,21-25H2,1-17H3;24-29,31-38,40,48,50-51H,16-23,44H2,1-15H3/t26-,27-,28+,29-,30-,31+,33+,34-,35+,36?,37-,38-,39-,40+,42+,43?,44-,45-,46-;24-,25-,26+,27-,28-,29+,31+,32-,33+,34?,35-,36-,37-,38+,40+,41-,42-,43-/m11/s1. The molecule has 710 valence electrons. The average Bonchev–Trinajstić information content (AvgIpc) is 1.57. The number of hydrogen-bond donors (Lipinski definition) is 5. The van der Waals surface area contributed by atoms with Gasteiger partial charge in [0.15, 0.2) is 37.4 Å². The topological polar surface area (TPSA) is 381 Å². The summed E-state index contributed by atoms with van der Waals surface area (Å²) in [7, 11) is 18.5. The van der Waals surface area contributed by atoms with Crippen LogP contribution >= 0.6 is 0 Å². The van der Waals surface area contributed by atoms with E-state index in [1.54, 1.807) is 48.8 Å². The molecule has 0 radical (unpaired) electrons. The zero-order chi connectivity index (χ0) is 92.1. The fourth-order valence-electron chi connectivity index (χ4n) is 20.2. The van der Waals surface area contributed by atoms with E-state index in [2.05, 4.69) is 24.8 Å². The molecular weight excluding hydrogens is 1580 g/mol. The molecule has 3 unspecified atom stereocenters. The van der Waals surface area contributed by atoms with Crippen molar-refractivity contribution in [1.82, 2.24) is 24.5 Å². The van der Waals surface area contributed by atoms with E-state index < -0.39 is 204 Å². The maximum absolute atomic E-state index is 14.9. The van der Waals surface area contributed by atoms with Gasteiger partial charge in [-0.25, -0.2) is 0 Å². The summed E-state index contributed by atoms with van der Waals surface area (Å²) in [5, 5.41) is 58.4. The summed E-state index contributed by atoms with van der Waals surface area (Å²) >= 11 is 0. The van der Waals surface area contributed by atoms with E-state index >= 15 is 0 Å². The molecule has 7 rings (SSSR count). The summed E-state index contributed by atoms with van der Waals surface area (Å²) < 4.78 is 116. The molecule has 33 heteroatoms. The molecular formula is C89H163N7O26. The van der Waals surface area contributed by atoms with Gasteiger partial charge < -0.3 is 131 Å². The van der Waals surface area contributed by atoms with Crippen molar-refractivity contribution in [2.24, 2.45) is 41.2 Å². The first-order valence-corrected chi connectivity index (χ1v) is 44.7. The second-order valence-corrected chi connectivity index (χ2v) is 38.7. The monoisotopic (exact) mass is 1750 g/mol. The first kappa shape index (κ1) is 107. The summed E-state index contributed by atoms with van der Waals surface area (Å²) in [6.07, 6.45) is -13.0. The van der Waals surface area contributed by atoms with E-state index in [0.29, 0.717) is 51.9 Å². The van der Waals surface area contributed by atoms with Crippen LogP contribution in [-0.4, -0.2) is 359 Å². The molecule has 7 fully saturated rings. The number of carbonyl (C=O) groups excluding carboxylic acids is 4. The van der Waals surface area contributed by atoms with Crippen molar-refractivity contribution < 1.29 is 125 Å². The molecule has 0 spiro atoms. The molecule has 37 atom stereocenters. The second kappa shape index (κ2) is 45.8. The minimum absolute atomic E-state index is 0.0846. The SMILES string of the molecule is CC[C@H]1OC(=O)[C@H](C)C(O[C@H]2C[C@@](C)(OC)[C@@H](OCCC#N)[C@H](C)O2)[C@H](C)[C@@H](O[C@@H]2O[C@H](C)C[C@H](N(C)C)[C@H]2OC(C)=O)[C@](C)(O)C[C@@H](C)CN(C)[C@H](C)[C@H]2OC(N(C)C)O[C@@]21C.CC[C@H]1OC(=O)[C@H](C)C(O[C@H]2C[C@@](C)(OC)[C@@H](OCCCN)[C@H](C)O2)[C@H](C)[C@@H](O[C@@H]2O[C@H](C)C[C@H](N(C)C)[C@H]2OC(C)=O)[C@](C)(O)C[C@@H](C)CN(C)[C@H](C)[C@@H](O)[C@]1(C)O. The minimum Gasteiger partial charge on any atom is -0.459 e. The predicted octanol–water partition coefficient (Wildman–Crippen LogP) is 7.16. The summed E-state index contributed by atoms with van der Waals surface area (Å²) in [6, 6.07) is 0.856. The van der Waals surface area contributed by atoms with Crippen molar-refractivity contribution in [2.75, 3.05) is 103 Å². The smallest absolute Gasteiger partial charge is 0.311 e. The van der Waals surface area contributed by atoms with Gasteiger partial charge in [-0.05, 0) is 217 Å². The number of nitrogens with two attached hydrogens (primary N) is 1. The van der Waals surface area contributed by atoms with Crippen LogP contribution in [0, 0.1) is 46.8 Å². The van der Waals surface area contributed by atoms with Gasteiger partial charge in [-0.3, -0.25) is 24.1 Å². The van der Waals surface area contributed by atoms with Gasteiger partial charge >= 0.3 is 23.9 Å². The number of fused-ring (bicyclic) bond motifs is 1. The predicted molar refractivity (Wildman–Crippen MR) is 454 cm³/mol. The van der Waals surface area contributed by atoms with E-state index in [4.69, 9.17) is 91.0 Å². The van der Waals surface area contributed by atoms with Crippen LogP contribution in [0.25, 0.3) is 0 Å². The Balaban J connectivity index is 0.000000379. The van der Waals surface area contributed by atoms with Crippen LogP contribution in [-0.2, 0) is 104 Å². The molecule has 122 heavy (non-hydrogen) atoms. The van der Waals surface area contributed by atoms with Crippen LogP contribution in [0.3, 0.4) is 0 Å². The van der Waals surface area contributed by atoms with Crippen molar-refractivity contribution in [2.45, 2.75) is 404 Å². The maximum atomic E-state index is 14.9. The van der Waals surface area contributed by atoms with Gasteiger partial charge in [0.2, 0.25) is 6.41 Å². The molecule has 0 aromatic rings. The fraction of sp³-hybridized carbons (Fsp3) is 0.944. The molecule has 33 nitrogen and oxygen atoms in total. The normalized spacial score (nSPS) is 45.0. The number of nitriles is 1. The second-order valence-electron chi connectivity index (χ2n) is 38.7. The van der Waals surface area contributed by atoms with Crippen LogP contribution < -0.4 is 5.73 Å². The molecule has 0 saturated carbocycles. The third kappa shape index (κ3) is 26.6. The van der Waals surface area contributed by atoms with Gasteiger partial charge in [-0.1, -0.05) is 41.5 Å². The zero-order valence-corrected chi connectivity index (χ0v) is 80.0. The number of aliphatic hydroxyl groups is 4. The Morgan fingerprint density at radius 2 is 0.959 bits per heavy atom. The van der Waals surface area contributed by atoms with Gasteiger partial charge in [0.25, 0.3) is 0 Å². The van der Waals surface area contributed by atoms with E-state index in [9.17, 15) is 44.9 Å². The lowest BCUT2D eigenvalue weighted by Gasteiger charge is -2.49. The molecule has 7 saturated heterocycles. The number of carbonyl (C=O) groups is 4. The average molecular weight is 1750 g/mol. The third-order valence-electron chi connectivity index (χ3n) is 27.0. The van der Waals surface area contributed by atoms with Crippen LogP contribution in [0.1, 0.15) is 217 Å². The summed E-state index contributed by atoms with van der Waals surface area (Å²) in [6.45, 7) is 42.0. The number of methoxy groups -OCH3 is 2. The van der Waals surface area contributed by atoms with E-state index in [1.165, 1.54) is 20.8 Å². The highest BCUT2D eigenvalue weighted by atomic mass is 16.8. The molecule has 0 aliphatic carbocycles. The molecule has 0 aromatic carbocycles. The summed E-state index contributed by atoms with van der Waals surface area (Å²) in [5.41, 5.74) is -2.00. The number of cyclic esters (lactones) is 2. The number of likely N-dealkylation sites (N-methyl/N-ethyl adjacent to an activating group) is 4. The highest BCUT2D eigenvalue weighted by Crippen LogP contribution is 2.47. The lowest BCUT2D eigenvalue weighted by Crippen LogP contribution is -2.61. The molecule has 0 aromatic heterocycles. The van der Waals surface area contributed by atoms with E-state index in [-0.39, 0.29) is 87.3 Å². The van der Waals surface area contributed by atoms with Gasteiger partial charge in [0, 0.05) is 84.5 Å². The minimum atomic E-state index is -1.81. The summed E-state index contributed by atoms with van der Waals surface area (Å²) in [5.74, 6) is -5.94. The van der Waals surface area contributed by atoms with Crippen molar-refractivity contribution in [3.05, 3.63) is 0 Å².